The van der Waals surface area contributed by atoms with Crippen molar-refractivity contribution in [1.82, 2.24) is 19.9 Å². The first-order valence-corrected chi connectivity index (χ1v) is 16.0. The predicted molar refractivity (Wildman–Crippen MR) is 186 cm³/mol. The van der Waals surface area contributed by atoms with Crippen LogP contribution in [0.5, 0.6) is 11.5 Å². The summed E-state index contributed by atoms with van der Waals surface area (Å²) in [5, 5.41) is 7.64. The third-order valence-corrected chi connectivity index (χ3v) is 8.53. The zero-order valence-electron chi connectivity index (χ0n) is 28.1. The molecule has 5 rings (SSSR count). The molecule has 1 saturated heterocycles. The Bertz CT molecular complexity index is 1950. The SMILES string of the molecule is COC(=O)N[C@@H](C)C(=O)N1CCN(n2c([C@H](C)N(C(=O)Nc3ccc(F)cc3)c3ccc(OC)cc3OC)nc3ccc(Cl)cc3c2=O)CC1. The van der Waals surface area contributed by atoms with E-state index in [4.69, 9.17) is 26.1 Å². The number of amides is 4. The Kier molecular flexibility index (Phi) is 11.0. The summed E-state index contributed by atoms with van der Waals surface area (Å²) < 4.78 is 30.8. The quantitative estimate of drug-likeness (QED) is 0.256. The molecule has 16 heteroatoms. The zero-order valence-corrected chi connectivity index (χ0v) is 28.9. The van der Waals surface area contributed by atoms with Crippen LogP contribution in [0.15, 0.2) is 65.5 Å². The van der Waals surface area contributed by atoms with Crippen LogP contribution >= 0.6 is 11.6 Å². The van der Waals surface area contributed by atoms with E-state index in [1.54, 1.807) is 54.1 Å². The Balaban J connectivity index is 1.58. The molecule has 2 atom stereocenters. The Morgan fingerprint density at radius 1 is 0.940 bits per heavy atom. The second-order valence-electron chi connectivity index (χ2n) is 11.4. The van der Waals surface area contributed by atoms with Gasteiger partial charge >= 0.3 is 12.1 Å². The first-order valence-electron chi connectivity index (χ1n) is 15.6. The fourth-order valence-electron chi connectivity index (χ4n) is 5.71. The average molecular weight is 710 g/mol. The first-order chi connectivity index (χ1) is 23.9. The Morgan fingerprint density at radius 3 is 2.28 bits per heavy atom. The molecule has 2 heterocycles. The number of aromatic nitrogens is 2. The minimum Gasteiger partial charge on any atom is -0.497 e. The van der Waals surface area contributed by atoms with Gasteiger partial charge in [-0.1, -0.05) is 11.6 Å². The molecule has 264 valence electrons. The molecule has 50 heavy (non-hydrogen) atoms. The molecule has 0 aliphatic carbocycles. The summed E-state index contributed by atoms with van der Waals surface area (Å²) in [4.78, 5) is 61.2. The molecular formula is C34H37ClFN7O7. The van der Waals surface area contributed by atoms with Crippen molar-refractivity contribution in [3.63, 3.8) is 0 Å². The molecule has 14 nitrogen and oxygen atoms in total. The molecule has 1 aromatic heterocycles. The molecule has 3 aromatic carbocycles. The van der Waals surface area contributed by atoms with E-state index < -0.39 is 35.6 Å². The molecule has 0 spiro atoms. The lowest BCUT2D eigenvalue weighted by Gasteiger charge is -2.39. The smallest absolute Gasteiger partial charge is 0.407 e. The summed E-state index contributed by atoms with van der Waals surface area (Å²) in [6.07, 6.45) is -0.725. The number of nitrogens with zero attached hydrogens (tertiary/aromatic N) is 5. The van der Waals surface area contributed by atoms with Crippen LogP contribution in [0.25, 0.3) is 10.9 Å². The summed E-state index contributed by atoms with van der Waals surface area (Å²) in [6.45, 7) is 4.16. The van der Waals surface area contributed by atoms with Gasteiger partial charge in [0.1, 0.15) is 23.4 Å². The van der Waals surface area contributed by atoms with Crippen molar-refractivity contribution in [3.05, 3.63) is 87.7 Å². The molecule has 0 bridgehead atoms. The maximum atomic E-state index is 14.3. The maximum absolute atomic E-state index is 14.3. The lowest BCUT2D eigenvalue weighted by Crippen LogP contribution is -2.59. The van der Waals surface area contributed by atoms with Gasteiger partial charge in [-0.15, -0.1) is 0 Å². The van der Waals surface area contributed by atoms with Crippen molar-refractivity contribution < 1.29 is 33.0 Å². The van der Waals surface area contributed by atoms with Crippen LogP contribution < -0.4 is 35.6 Å². The highest BCUT2D eigenvalue weighted by atomic mass is 35.5. The fourth-order valence-corrected chi connectivity index (χ4v) is 5.88. The molecule has 1 fully saturated rings. The lowest BCUT2D eigenvalue weighted by molar-refractivity contribution is -0.133. The van der Waals surface area contributed by atoms with Gasteiger partial charge in [0.15, 0.2) is 5.82 Å². The molecule has 4 amide bonds. The number of methoxy groups -OCH3 is 3. The van der Waals surface area contributed by atoms with E-state index in [2.05, 4.69) is 15.4 Å². The van der Waals surface area contributed by atoms with Gasteiger partial charge in [-0.05, 0) is 68.4 Å². The number of anilines is 2. The second-order valence-corrected chi connectivity index (χ2v) is 11.8. The van der Waals surface area contributed by atoms with E-state index in [9.17, 15) is 23.6 Å². The minimum absolute atomic E-state index is 0.206. The van der Waals surface area contributed by atoms with Crippen LogP contribution in [0.4, 0.5) is 25.4 Å². The zero-order chi connectivity index (χ0) is 36.1. The summed E-state index contributed by atoms with van der Waals surface area (Å²) in [7, 11) is 4.17. The lowest BCUT2D eigenvalue weighted by atomic mass is 10.1. The van der Waals surface area contributed by atoms with Crippen LogP contribution in [-0.4, -0.2) is 86.1 Å². The van der Waals surface area contributed by atoms with Crippen LogP contribution in [0, 0.1) is 5.82 Å². The van der Waals surface area contributed by atoms with Gasteiger partial charge in [0.2, 0.25) is 5.91 Å². The van der Waals surface area contributed by atoms with Crippen LogP contribution in [0.3, 0.4) is 0 Å². The van der Waals surface area contributed by atoms with Gasteiger partial charge in [-0.25, -0.2) is 23.6 Å². The van der Waals surface area contributed by atoms with Gasteiger partial charge in [0.05, 0.1) is 57.1 Å². The number of carbonyl (C=O) groups is 3. The van der Waals surface area contributed by atoms with Gasteiger partial charge < -0.3 is 34.8 Å². The van der Waals surface area contributed by atoms with Crippen LogP contribution in [-0.2, 0) is 9.53 Å². The molecule has 0 saturated carbocycles. The maximum Gasteiger partial charge on any atom is 0.407 e. The van der Waals surface area contributed by atoms with E-state index in [0.29, 0.717) is 33.4 Å². The summed E-state index contributed by atoms with van der Waals surface area (Å²) in [5.41, 5.74) is 0.589. The molecule has 4 aromatic rings. The van der Waals surface area contributed by atoms with Crippen molar-refractivity contribution in [3.8, 4) is 11.5 Å². The summed E-state index contributed by atoms with van der Waals surface area (Å²) in [6, 6.07) is 12.6. The van der Waals surface area contributed by atoms with E-state index >= 15 is 0 Å². The number of rotatable bonds is 9. The van der Waals surface area contributed by atoms with E-state index in [1.165, 1.54) is 61.2 Å². The molecule has 1 aliphatic heterocycles. The number of fused-ring (bicyclic) bond motifs is 1. The number of alkyl carbamates (subject to hydrolysis) is 1. The first kappa shape index (κ1) is 35.7. The Labute approximate surface area is 292 Å². The minimum atomic E-state index is -0.922. The van der Waals surface area contributed by atoms with Gasteiger partial charge in [-0.2, -0.15) is 0 Å². The number of benzene rings is 3. The van der Waals surface area contributed by atoms with Crippen molar-refractivity contribution in [2.75, 3.05) is 62.7 Å². The monoisotopic (exact) mass is 709 g/mol. The highest BCUT2D eigenvalue weighted by Gasteiger charge is 2.33. The van der Waals surface area contributed by atoms with Crippen LogP contribution in [0.2, 0.25) is 5.02 Å². The van der Waals surface area contributed by atoms with Crippen molar-refractivity contribution in [1.29, 1.82) is 0 Å². The highest BCUT2D eigenvalue weighted by Crippen LogP contribution is 2.37. The van der Waals surface area contributed by atoms with Gasteiger partial charge in [0, 0.05) is 29.9 Å². The third kappa shape index (κ3) is 7.52. The molecule has 0 radical (unpaired) electrons. The number of hydrogen-bond acceptors (Lipinski definition) is 9. The number of nitrogens with one attached hydrogen (secondary N) is 2. The number of halogens is 2. The second kappa shape index (κ2) is 15.3. The molecule has 1 aliphatic rings. The number of urea groups is 1. The van der Waals surface area contributed by atoms with Crippen molar-refractivity contribution >= 4 is 51.9 Å². The predicted octanol–water partition coefficient (Wildman–Crippen LogP) is 4.53. The third-order valence-electron chi connectivity index (χ3n) is 8.30. The molecule has 2 N–H and O–H groups in total. The standard InChI is InChI=1S/C34H37ClFN7O7/c1-20(37-34(47)50-5)31(44)40-14-16-41(17-15-40)43-30(39-27-12-6-22(35)18-26(27)32(43)45)21(2)42(28-13-11-25(48-3)19-29(28)49-4)33(46)38-24-9-7-23(36)8-10-24/h6-13,18-21H,14-17H2,1-5H3,(H,37,47)(H,38,46)/t20-,21-/m0/s1. The Morgan fingerprint density at radius 2 is 1.64 bits per heavy atom. The van der Waals surface area contributed by atoms with E-state index in [0.717, 1.165) is 0 Å². The average Bonchev–Trinajstić information content (AvgIpc) is 3.12. The largest absolute Gasteiger partial charge is 0.497 e. The molecular weight excluding hydrogens is 673 g/mol. The van der Waals surface area contributed by atoms with Crippen molar-refractivity contribution in [2.24, 2.45) is 0 Å². The number of piperazine rings is 1. The van der Waals surface area contributed by atoms with Gasteiger partial charge in [-0.3, -0.25) is 14.5 Å². The number of ether oxygens (including phenoxy) is 3. The normalized spacial score (nSPS) is 14.1. The highest BCUT2D eigenvalue weighted by molar-refractivity contribution is 6.31. The van der Waals surface area contributed by atoms with Gasteiger partial charge in [0.25, 0.3) is 5.56 Å². The number of hydrogen-bond donors (Lipinski definition) is 2. The fraction of sp³-hybridized carbons (Fsp3) is 0.324. The van der Waals surface area contributed by atoms with Crippen molar-refractivity contribution in [2.45, 2.75) is 25.9 Å². The van der Waals surface area contributed by atoms with Crippen LogP contribution in [0.1, 0.15) is 25.7 Å². The molecule has 0 unspecified atom stereocenters. The summed E-state index contributed by atoms with van der Waals surface area (Å²) in [5.74, 6) is 0.213. The topological polar surface area (TPSA) is 148 Å². The Hall–Kier alpha value is -5.57. The van der Waals surface area contributed by atoms with E-state index in [-0.39, 0.29) is 43.3 Å². The van der Waals surface area contributed by atoms with E-state index in [1.807, 2.05) is 0 Å². The number of carbonyl (C=O) groups excluding carboxylic acids is 3. The summed E-state index contributed by atoms with van der Waals surface area (Å²) >= 11 is 6.30.